The molecule has 1 aromatic carbocycles. The van der Waals surface area contributed by atoms with Crippen molar-refractivity contribution in [1.29, 1.82) is 5.26 Å². The molecule has 0 aliphatic heterocycles. The minimum atomic E-state index is -0.110. The predicted octanol–water partition coefficient (Wildman–Crippen LogP) is 1.18. The molecule has 3 N–H and O–H groups in total. The van der Waals surface area contributed by atoms with E-state index in [9.17, 15) is 4.79 Å². The van der Waals surface area contributed by atoms with Gasteiger partial charge >= 0.3 is 0 Å². The first-order chi connectivity index (χ1) is 7.77. The molecule has 0 aromatic heterocycles. The summed E-state index contributed by atoms with van der Waals surface area (Å²) in [5.41, 5.74) is 7.08. The number of nitrogens with one attached hydrogen (secondary N) is 1. The van der Waals surface area contributed by atoms with E-state index >= 15 is 0 Å². The standard InChI is InChI=1S/C12H15N3O/c13-7-1-2-8-15-12(16)11-5-3-10(9-14)4-6-11/h3-6H,1-2,8-9,14H2,(H,15,16). The van der Waals surface area contributed by atoms with Crippen molar-refractivity contribution < 1.29 is 4.79 Å². The zero-order valence-electron chi connectivity index (χ0n) is 9.07. The molecule has 0 atom stereocenters. The number of nitrogens with zero attached hydrogens (tertiary/aromatic N) is 1. The maximum absolute atomic E-state index is 11.6. The van der Waals surface area contributed by atoms with Gasteiger partial charge in [0, 0.05) is 25.1 Å². The van der Waals surface area contributed by atoms with Crippen LogP contribution in [0.1, 0.15) is 28.8 Å². The molecular formula is C12H15N3O. The van der Waals surface area contributed by atoms with E-state index in [0.29, 0.717) is 31.5 Å². The zero-order chi connectivity index (χ0) is 11.8. The molecule has 0 radical (unpaired) electrons. The Morgan fingerprint density at radius 2 is 2.06 bits per heavy atom. The van der Waals surface area contributed by atoms with Crippen molar-refractivity contribution in [3.63, 3.8) is 0 Å². The highest BCUT2D eigenvalue weighted by molar-refractivity contribution is 5.94. The maximum Gasteiger partial charge on any atom is 0.251 e. The van der Waals surface area contributed by atoms with E-state index in [2.05, 4.69) is 5.32 Å². The fourth-order valence-electron chi connectivity index (χ4n) is 1.26. The van der Waals surface area contributed by atoms with Gasteiger partial charge in [0.15, 0.2) is 0 Å². The average molecular weight is 217 g/mol. The Bertz CT molecular complexity index is 378. The lowest BCUT2D eigenvalue weighted by Gasteiger charge is -2.04. The van der Waals surface area contributed by atoms with Gasteiger partial charge in [0.1, 0.15) is 0 Å². The van der Waals surface area contributed by atoms with Crippen LogP contribution in [-0.2, 0) is 6.54 Å². The molecule has 0 aliphatic rings. The Hall–Kier alpha value is -1.86. The van der Waals surface area contributed by atoms with E-state index in [1.807, 2.05) is 18.2 Å². The van der Waals surface area contributed by atoms with E-state index < -0.39 is 0 Å². The number of unbranched alkanes of at least 4 members (excludes halogenated alkanes) is 1. The van der Waals surface area contributed by atoms with Crippen molar-refractivity contribution in [3.8, 4) is 6.07 Å². The first kappa shape index (κ1) is 12.2. The van der Waals surface area contributed by atoms with Crippen molar-refractivity contribution in [2.24, 2.45) is 5.73 Å². The van der Waals surface area contributed by atoms with Crippen molar-refractivity contribution in [1.82, 2.24) is 5.32 Å². The second-order valence-corrected chi connectivity index (χ2v) is 3.42. The summed E-state index contributed by atoms with van der Waals surface area (Å²) in [4.78, 5) is 11.6. The number of hydrogen-bond acceptors (Lipinski definition) is 3. The highest BCUT2D eigenvalue weighted by Crippen LogP contribution is 2.03. The van der Waals surface area contributed by atoms with Crippen molar-refractivity contribution in [2.75, 3.05) is 6.54 Å². The fraction of sp³-hybridized carbons (Fsp3) is 0.333. The molecule has 4 heteroatoms. The normalized spacial score (nSPS) is 9.50. The van der Waals surface area contributed by atoms with Gasteiger partial charge in [0.25, 0.3) is 5.91 Å². The summed E-state index contributed by atoms with van der Waals surface area (Å²) in [7, 11) is 0. The highest BCUT2D eigenvalue weighted by Gasteiger charge is 2.03. The van der Waals surface area contributed by atoms with Gasteiger partial charge < -0.3 is 11.1 Å². The molecule has 0 saturated heterocycles. The molecule has 1 amide bonds. The largest absolute Gasteiger partial charge is 0.352 e. The number of amides is 1. The third-order valence-corrected chi connectivity index (χ3v) is 2.20. The van der Waals surface area contributed by atoms with E-state index in [-0.39, 0.29) is 5.91 Å². The SMILES string of the molecule is N#CCCCNC(=O)c1ccc(CN)cc1. The van der Waals surface area contributed by atoms with Gasteiger partial charge in [-0.3, -0.25) is 4.79 Å². The Labute approximate surface area is 95.1 Å². The van der Waals surface area contributed by atoms with E-state index in [1.165, 1.54) is 0 Å². The number of hydrogen-bond donors (Lipinski definition) is 2. The third-order valence-electron chi connectivity index (χ3n) is 2.20. The minimum absolute atomic E-state index is 0.110. The van der Waals surface area contributed by atoms with Crippen molar-refractivity contribution >= 4 is 5.91 Å². The fourth-order valence-corrected chi connectivity index (χ4v) is 1.26. The molecule has 0 saturated carbocycles. The Morgan fingerprint density at radius 3 is 2.62 bits per heavy atom. The van der Waals surface area contributed by atoms with Gasteiger partial charge in [0.05, 0.1) is 6.07 Å². The molecule has 4 nitrogen and oxygen atoms in total. The van der Waals surface area contributed by atoms with Gasteiger partial charge in [-0.1, -0.05) is 12.1 Å². The van der Waals surface area contributed by atoms with Gasteiger partial charge in [-0.2, -0.15) is 5.26 Å². The molecule has 0 unspecified atom stereocenters. The Balaban J connectivity index is 2.44. The molecule has 84 valence electrons. The number of benzene rings is 1. The summed E-state index contributed by atoms with van der Waals surface area (Å²) < 4.78 is 0. The van der Waals surface area contributed by atoms with Crippen LogP contribution >= 0.6 is 0 Å². The molecule has 0 bridgehead atoms. The quantitative estimate of drug-likeness (QED) is 0.727. The Kier molecular flexibility index (Phi) is 5.03. The van der Waals surface area contributed by atoms with Gasteiger partial charge in [-0.15, -0.1) is 0 Å². The molecular weight excluding hydrogens is 202 g/mol. The molecule has 16 heavy (non-hydrogen) atoms. The Morgan fingerprint density at radius 1 is 1.38 bits per heavy atom. The van der Waals surface area contributed by atoms with Gasteiger partial charge in [0.2, 0.25) is 0 Å². The molecule has 0 heterocycles. The zero-order valence-corrected chi connectivity index (χ0v) is 9.07. The van der Waals surface area contributed by atoms with E-state index in [4.69, 9.17) is 11.0 Å². The molecule has 0 aliphatic carbocycles. The second-order valence-electron chi connectivity index (χ2n) is 3.42. The van der Waals surface area contributed by atoms with Crippen molar-refractivity contribution in [3.05, 3.63) is 35.4 Å². The summed E-state index contributed by atoms with van der Waals surface area (Å²) in [6.07, 6.45) is 1.15. The lowest BCUT2D eigenvalue weighted by Crippen LogP contribution is -2.24. The van der Waals surface area contributed by atoms with Crippen LogP contribution in [0.25, 0.3) is 0 Å². The molecule has 0 spiro atoms. The van der Waals surface area contributed by atoms with Gasteiger partial charge in [-0.05, 0) is 24.1 Å². The summed E-state index contributed by atoms with van der Waals surface area (Å²) >= 11 is 0. The summed E-state index contributed by atoms with van der Waals surface area (Å²) in [6, 6.07) is 9.21. The number of carbonyl (C=O) groups is 1. The molecule has 1 aromatic rings. The van der Waals surface area contributed by atoms with Crippen LogP contribution in [0.3, 0.4) is 0 Å². The highest BCUT2D eigenvalue weighted by atomic mass is 16.1. The van der Waals surface area contributed by atoms with Gasteiger partial charge in [-0.25, -0.2) is 0 Å². The monoisotopic (exact) mass is 217 g/mol. The van der Waals surface area contributed by atoms with Crippen LogP contribution < -0.4 is 11.1 Å². The van der Waals surface area contributed by atoms with E-state index in [1.54, 1.807) is 12.1 Å². The second kappa shape index (κ2) is 6.59. The number of nitrogens with two attached hydrogens (primary N) is 1. The first-order valence-corrected chi connectivity index (χ1v) is 5.22. The van der Waals surface area contributed by atoms with Crippen LogP contribution in [-0.4, -0.2) is 12.5 Å². The predicted molar refractivity (Wildman–Crippen MR) is 61.5 cm³/mol. The maximum atomic E-state index is 11.6. The molecule has 1 rings (SSSR count). The molecule has 0 fully saturated rings. The van der Waals surface area contributed by atoms with Crippen LogP contribution in [0.5, 0.6) is 0 Å². The number of nitriles is 1. The lowest BCUT2D eigenvalue weighted by atomic mass is 10.1. The topological polar surface area (TPSA) is 78.9 Å². The number of rotatable bonds is 5. The van der Waals surface area contributed by atoms with E-state index in [0.717, 1.165) is 5.56 Å². The van der Waals surface area contributed by atoms with Crippen LogP contribution in [0.15, 0.2) is 24.3 Å². The van der Waals surface area contributed by atoms with Crippen molar-refractivity contribution in [2.45, 2.75) is 19.4 Å². The number of carbonyl (C=O) groups excluding carboxylic acids is 1. The van der Waals surface area contributed by atoms with Crippen LogP contribution in [0.2, 0.25) is 0 Å². The first-order valence-electron chi connectivity index (χ1n) is 5.22. The average Bonchev–Trinajstić information content (AvgIpc) is 2.34. The summed E-state index contributed by atoms with van der Waals surface area (Å²) in [5.74, 6) is -0.110. The minimum Gasteiger partial charge on any atom is -0.352 e. The van der Waals surface area contributed by atoms with Crippen LogP contribution in [0, 0.1) is 11.3 Å². The van der Waals surface area contributed by atoms with Crippen LogP contribution in [0.4, 0.5) is 0 Å². The summed E-state index contributed by atoms with van der Waals surface area (Å²) in [6.45, 7) is 1.01. The smallest absolute Gasteiger partial charge is 0.251 e. The summed E-state index contributed by atoms with van der Waals surface area (Å²) in [5, 5.41) is 11.1. The third kappa shape index (κ3) is 3.71. The lowest BCUT2D eigenvalue weighted by molar-refractivity contribution is 0.0953.